The smallest absolute Gasteiger partial charge is 0.412 e. The summed E-state index contributed by atoms with van der Waals surface area (Å²) in [6, 6.07) is 4.70. The number of Topliss-reactive ketones (excluding diaryl/α,β-unsaturated/α-hetero) is 1. The zero-order valence-corrected chi connectivity index (χ0v) is 17.6. The highest BCUT2D eigenvalue weighted by Crippen LogP contribution is 2.42. The fourth-order valence-electron chi connectivity index (χ4n) is 3.84. The molecule has 0 spiro atoms. The summed E-state index contributed by atoms with van der Waals surface area (Å²) in [4.78, 5) is 28.9. The van der Waals surface area contributed by atoms with E-state index >= 15 is 0 Å². The number of carbonyl (C=O) groups is 2. The molecule has 2 aromatic rings. The molecule has 1 aromatic carbocycles. The van der Waals surface area contributed by atoms with Crippen molar-refractivity contribution in [3.63, 3.8) is 0 Å². The van der Waals surface area contributed by atoms with Gasteiger partial charge < -0.3 is 4.74 Å². The summed E-state index contributed by atoms with van der Waals surface area (Å²) in [5.41, 5.74) is 0.419. The third kappa shape index (κ3) is 5.01. The number of anilines is 1. The lowest BCUT2D eigenvalue weighted by Gasteiger charge is -2.30. The highest BCUT2D eigenvalue weighted by Gasteiger charge is 2.32. The third-order valence-corrected chi connectivity index (χ3v) is 5.15. The van der Waals surface area contributed by atoms with Crippen LogP contribution in [0.4, 0.5) is 19.3 Å². The van der Waals surface area contributed by atoms with Crippen LogP contribution in [0.2, 0.25) is 0 Å². The van der Waals surface area contributed by atoms with Gasteiger partial charge in [0, 0.05) is 36.1 Å². The molecule has 3 rings (SSSR count). The third-order valence-electron chi connectivity index (χ3n) is 5.15. The molecule has 1 saturated carbocycles. The minimum absolute atomic E-state index is 0.00513. The number of carbonyl (C=O) groups excluding carboxylic acids is 2. The maximum absolute atomic E-state index is 14.6. The molecule has 1 amide bonds. The Hall–Kier alpha value is -2.83. The van der Waals surface area contributed by atoms with E-state index in [9.17, 15) is 18.4 Å². The Morgan fingerprint density at radius 1 is 1.20 bits per heavy atom. The molecule has 5 nitrogen and oxygen atoms in total. The lowest BCUT2D eigenvalue weighted by Crippen LogP contribution is -2.29. The summed E-state index contributed by atoms with van der Waals surface area (Å²) in [5, 5.41) is 2.71. The van der Waals surface area contributed by atoms with Crippen LogP contribution >= 0.6 is 0 Å². The van der Waals surface area contributed by atoms with Crippen molar-refractivity contribution in [1.82, 2.24) is 4.98 Å². The summed E-state index contributed by atoms with van der Waals surface area (Å²) in [6.45, 7) is 7.16. The molecule has 2 atom stereocenters. The van der Waals surface area contributed by atoms with Gasteiger partial charge in [-0.1, -0.05) is 6.92 Å². The predicted octanol–water partition coefficient (Wildman–Crippen LogP) is 5.85. The van der Waals surface area contributed by atoms with Crippen LogP contribution < -0.4 is 5.32 Å². The number of rotatable bonds is 3. The number of ether oxygens (including phenoxy) is 1. The van der Waals surface area contributed by atoms with Crippen LogP contribution in [0.3, 0.4) is 0 Å². The number of nitrogens with zero attached hydrogens (tertiary/aromatic N) is 1. The average Bonchev–Trinajstić information content (AvgIpc) is 2.63. The Labute approximate surface area is 174 Å². The largest absolute Gasteiger partial charge is 0.444 e. The van der Waals surface area contributed by atoms with Crippen LogP contribution in [0.1, 0.15) is 58.6 Å². The van der Waals surface area contributed by atoms with E-state index in [1.165, 1.54) is 12.3 Å². The standard InChI is InChI=1S/C23H26F2N2O3/c1-13-11-15(28)6-7-16(13)20-21(27-22(29)30-23(2,3)4)17(9-10-26-20)18-12-14(24)5-8-19(18)25/h5,8-10,12-13,16H,6-7,11H2,1-4H3,(H,27,29). The lowest BCUT2D eigenvalue weighted by molar-refractivity contribution is -0.121. The van der Waals surface area contributed by atoms with E-state index in [2.05, 4.69) is 10.3 Å². The van der Waals surface area contributed by atoms with Gasteiger partial charge in [-0.05, 0) is 57.4 Å². The Morgan fingerprint density at radius 2 is 1.93 bits per heavy atom. The van der Waals surface area contributed by atoms with Crippen molar-refractivity contribution in [2.24, 2.45) is 5.92 Å². The molecule has 160 valence electrons. The first kappa shape index (κ1) is 21.9. The van der Waals surface area contributed by atoms with Gasteiger partial charge in [-0.2, -0.15) is 0 Å². The molecule has 30 heavy (non-hydrogen) atoms. The van der Waals surface area contributed by atoms with Gasteiger partial charge in [0.1, 0.15) is 23.0 Å². The van der Waals surface area contributed by atoms with Gasteiger partial charge in [-0.15, -0.1) is 0 Å². The zero-order valence-electron chi connectivity index (χ0n) is 17.6. The monoisotopic (exact) mass is 416 g/mol. The first-order chi connectivity index (χ1) is 14.0. The van der Waals surface area contributed by atoms with Crippen LogP contribution in [0.15, 0.2) is 30.5 Å². The normalized spacial score (nSPS) is 19.5. The van der Waals surface area contributed by atoms with E-state index in [0.717, 1.165) is 18.2 Å². The molecule has 0 aliphatic heterocycles. The number of amides is 1. The minimum atomic E-state index is -0.735. The highest BCUT2D eigenvalue weighted by atomic mass is 19.1. The summed E-state index contributed by atoms with van der Waals surface area (Å²) in [5.74, 6) is -1.13. The van der Waals surface area contributed by atoms with Crippen LogP contribution in [-0.2, 0) is 9.53 Å². The maximum atomic E-state index is 14.6. The number of ketones is 1. The summed E-state index contributed by atoms with van der Waals surface area (Å²) >= 11 is 0. The number of pyridine rings is 1. The highest BCUT2D eigenvalue weighted by molar-refractivity contribution is 5.93. The Balaban J connectivity index is 2.11. The van der Waals surface area contributed by atoms with Crippen molar-refractivity contribution in [2.45, 2.75) is 58.5 Å². The second-order valence-corrected chi connectivity index (χ2v) is 8.74. The van der Waals surface area contributed by atoms with E-state index in [4.69, 9.17) is 4.74 Å². The van der Waals surface area contributed by atoms with Crippen LogP contribution in [0.5, 0.6) is 0 Å². The SMILES string of the molecule is CC1CC(=O)CCC1c1nccc(-c2cc(F)ccc2F)c1NC(=O)OC(C)(C)C. The number of hydrogen-bond acceptors (Lipinski definition) is 4. The van der Waals surface area contributed by atoms with Crippen LogP contribution in [0, 0.1) is 17.6 Å². The van der Waals surface area contributed by atoms with E-state index in [1.54, 1.807) is 20.8 Å². The molecule has 1 N–H and O–H groups in total. The van der Waals surface area contributed by atoms with Gasteiger partial charge in [0.15, 0.2) is 0 Å². The number of nitrogens with one attached hydrogen (secondary N) is 1. The molecule has 0 radical (unpaired) electrons. The summed E-state index contributed by atoms with van der Waals surface area (Å²) in [7, 11) is 0. The molecule has 1 fully saturated rings. The molecule has 1 heterocycles. The fraction of sp³-hybridized carbons (Fsp3) is 0.435. The van der Waals surface area contributed by atoms with Crippen molar-refractivity contribution in [3.05, 3.63) is 47.8 Å². The van der Waals surface area contributed by atoms with Crippen molar-refractivity contribution < 1.29 is 23.1 Å². The van der Waals surface area contributed by atoms with Crippen molar-refractivity contribution in [2.75, 3.05) is 5.32 Å². The van der Waals surface area contributed by atoms with Gasteiger partial charge in [-0.25, -0.2) is 13.6 Å². The molecule has 1 aliphatic rings. The van der Waals surface area contributed by atoms with Crippen LogP contribution in [-0.4, -0.2) is 22.5 Å². The number of benzene rings is 1. The number of hydrogen-bond donors (Lipinski definition) is 1. The molecule has 1 aromatic heterocycles. The van der Waals surface area contributed by atoms with E-state index in [0.29, 0.717) is 30.5 Å². The summed E-state index contributed by atoms with van der Waals surface area (Å²) < 4.78 is 33.8. The van der Waals surface area contributed by atoms with Crippen molar-refractivity contribution in [1.29, 1.82) is 0 Å². The molecule has 0 saturated heterocycles. The molecular weight excluding hydrogens is 390 g/mol. The quantitative estimate of drug-likeness (QED) is 0.682. The van der Waals surface area contributed by atoms with Gasteiger partial charge in [0.25, 0.3) is 0 Å². The second kappa shape index (κ2) is 8.50. The average molecular weight is 416 g/mol. The Bertz CT molecular complexity index is 969. The number of aromatic nitrogens is 1. The zero-order chi connectivity index (χ0) is 22.1. The lowest BCUT2D eigenvalue weighted by atomic mass is 9.77. The van der Waals surface area contributed by atoms with Crippen molar-refractivity contribution in [3.8, 4) is 11.1 Å². The Kier molecular flexibility index (Phi) is 6.19. The van der Waals surface area contributed by atoms with Gasteiger partial charge in [-0.3, -0.25) is 15.1 Å². The molecule has 0 bridgehead atoms. The molecular formula is C23H26F2N2O3. The minimum Gasteiger partial charge on any atom is -0.444 e. The topological polar surface area (TPSA) is 68.3 Å². The van der Waals surface area contributed by atoms with E-state index < -0.39 is 23.3 Å². The molecule has 2 unspecified atom stereocenters. The van der Waals surface area contributed by atoms with Gasteiger partial charge in [0.05, 0.1) is 11.4 Å². The van der Waals surface area contributed by atoms with Gasteiger partial charge in [0.2, 0.25) is 0 Å². The van der Waals surface area contributed by atoms with E-state index in [1.807, 2.05) is 6.92 Å². The fourth-order valence-corrected chi connectivity index (χ4v) is 3.84. The Morgan fingerprint density at radius 3 is 2.60 bits per heavy atom. The molecule has 7 heteroatoms. The predicted molar refractivity (Wildman–Crippen MR) is 110 cm³/mol. The van der Waals surface area contributed by atoms with Crippen LogP contribution in [0.25, 0.3) is 11.1 Å². The van der Waals surface area contributed by atoms with E-state index in [-0.39, 0.29) is 28.9 Å². The van der Waals surface area contributed by atoms with Crippen molar-refractivity contribution >= 4 is 17.6 Å². The second-order valence-electron chi connectivity index (χ2n) is 8.74. The first-order valence-corrected chi connectivity index (χ1v) is 10.0. The molecule has 1 aliphatic carbocycles. The first-order valence-electron chi connectivity index (χ1n) is 10.0. The summed E-state index contributed by atoms with van der Waals surface area (Å²) in [6.07, 6.45) is 2.20. The van der Waals surface area contributed by atoms with Gasteiger partial charge >= 0.3 is 6.09 Å². The number of halogens is 2. The maximum Gasteiger partial charge on any atom is 0.412 e.